The number of hydrogen-bond acceptors (Lipinski definition) is 4. The molecule has 1 aromatic carbocycles. The number of nitrogens with zero attached hydrogens (tertiary/aromatic N) is 1. The molecular weight excluding hydrogens is 353 g/mol. The Labute approximate surface area is 156 Å². The Morgan fingerprint density at radius 3 is 2.81 bits per heavy atom. The molecular formula is C20H19ClFN3O. The van der Waals surface area contributed by atoms with Gasteiger partial charge < -0.3 is 10.6 Å². The molecule has 1 unspecified atom stereocenters. The van der Waals surface area contributed by atoms with E-state index in [1.807, 2.05) is 6.07 Å². The lowest BCUT2D eigenvalue weighted by Crippen LogP contribution is -2.31. The van der Waals surface area contributed by atoms with Gasteiger partial charge in [0, 0.05) is 34.5 Å². The first kappa shape index (κ1) is 17.0. The van der Waals surface area contributed by atoms with Crippen molar-refractivity contribution in [2.45, 2.75) is 32.7 Å². The predicted molar refractivity (Wildman–Crippen MR) is 101 cm³/mol. The Balaban J connectivity index is 1.91. The smallest absolute Gasteiger partial charge is 0.163 e. The lowest BCUT2D eigenvalue weighted by atomic mass is 9.73. The van der Waals surface area contributed by atoms with Gasteiger partial charge in [-0.05, 0) is 30.0 Å². The minimum Gasteiger partial charge on any atom is -0.372 e. The molecule has 1 aliphatic carbocycles. The second-order valence-electron chi connectivity index (χ2n) is 7.62. The number of nitrogens with one attached hydrogen (secondary N) is 2. The number of aromatic nitrogens is 1. The maximum absolute atomic E-state index is 14.7. The van der Waals surface area contributed by atoms with Crippen molar-refractivity contribution in [1.82, 2.24) is 4.98 Å². The zero-order valence-electron chi connectivity index (χ0n) is 14.6. The molecule has 0 radical (unpaired) electrons. The highest BCUT2D eigenvalue weighted by Gasteiger charge is 2.39. The Morgan fingerprint density at radius 1 is 1.23 bits per heavy atom. The monoisotopic (exact) mass is 371 g/mol. The van der Waals surface area contributed by atoms with Gasteiger partial charge in [0.05, 0.1) is 23.6 Å². The van der Waals surface area contributed by atoms with Gasteiger partial charge in [0.15, 0.2) is 5.78 Å². The molecule has 0 saturated carbocycles. The van der Waals surface area contributed by atoms with E-state index in [2.05, 4.69) is 29.5 Å². The van der Waals surface area contributed by atoms with Gasteiger partial charge in [0.2, 0.25) is 0 Å². The van der Waals surface area contributed by atoms with E-state index in [1.54, 1.807) is 24.5 Å². The number of ketones is 1. The van der Waals surface area contributed by atoms with Crippen LogP contribution in [0.15, 0.2) is 47.9 Å². The lowest BCUT2D eigenvalue weighted by molar-refractivity contribution is -0.118. The average molecular weight is 372 g/mol. The number of Topliss-reactive ketones (excluding diaryl/α,β-unsaturated/α-hetero) is 1. The summed E-state index contributed by atoms with van der Waals surface area (Å²) in [5, 5.41) is 7.02. The summed E-state index contributed by atoms with van der Waals surface area (Å²) >= 11 is 5.91. The highest BCUT2D eigenvalue weighted by atomic mass is 35.5. The number of fused-ring (bicyclic) bond motifs is 1. The summed E-state index contributed by atoms with van der Waals surface area (Å²) in [7, 11) is 0. The highest BCUT2D eigenvalue weighted by Crippen LogP contribution is 2.45. The van der Waals surface area contributed by atoms with Gasteiger partial charge in [0.25, 0.3) is 0 Å². The Kier molecular flexibility index (Phi) is 3.99. The quantitative estimate of drug-likeness (QED) is 0.732. The molecule has 0 bridgehead atoms. The van der Waals surface area contributed by atoms with Crippen LogP contribution in [0.5, 0.6) is 0 Å². The van der Waals surface area contributed by atoms with Gasteiger partial charge >= 0.3 is 0 Å². The first-order valence-corrected chi connectivity index (χ1v) is 8.91. The number of rotatable bonds is 1. The van der Waals surface area contributed by atoms with Crippen molar-refractivity contribution >= 4 is 28.8 Å². The molecule has 0 spiro atoms. The molecule has 2 heterocycles. The third-order valence-electron chi connectivity index (χ3n) is 4.89. The number of benzene rings is 1. The first-order valence-electron chi connectivity index (χ1n) is 8.53. The van der Waals surface area contributed by atoms with Crippen LogP contribution in [0.4, 0.5) is 15.8 Å². The second-order valence-corrected chi connectivity index (χ2v) is 8.06. The van der Waals surface area contributed by atoms with Gasteiger partial charge in [-0.1, -0.05) is 31.5 Å². The average Bonchev–Trinajstić information content (AvgIpc) is 2.69. The van der Waals surface area contributed by atoms with Crippen molar-refractivity contribution in [2.75, 3.05) is 10.6 Å². The van der Waals surface area contributed by atoms with Crippen LogP contribution in [0, 0.1) is 11.2 Å². The summed E-state index contributed by atoms with van der Waals surface area (Å²) in [6.45, 7) is 4.13. The van der Waals surface area contributed by atoms with Crippen LogP contribution in [0.2, 0.25) is 5.02 Å². The van der Waals surface area contributed by atoms with E-state index in [9.17, 15) is 9.18 Å². The first-order chi connectivity index (χ1) is 12.3. The number of hydrogen-bond donors (Lipinski definition) is 2. The molecule has 0 amide bonds. The summed E-state index contributed by atoms with van der Waals surface area (Å²) in [4.78, 5) is 17.2. The molecule has 2 aromatic rings. The topological polar surface area (TPSA) is 54.0 Å². The summed E-state index contributed by atoms with van der Waals surface area (Å²) in [5.41, 5.74) is 3.22. The molecule has 134 valence electrons. The molecule has 1 aliphatic heterocycles. The molecule has 2 aliphatic rings. The normalized spacial score (nSPS) is 21.2. The Morgan fingerprint density at radius 2 is 2.04 bits per heavy atom. The van der Waals surface area contributed by atoms with Gasteiger partial charge in [-0.3, -0.25) is 9.78 Å². The van der Waals surface area contributed by atoms with Crippen LogP contribution >= 0.6 is 11.6 Å². The van der Waals surface area contributed by atoms with Crippen LogP contribution in [0.3, 0.4) is 0 Å². The van der Waals surface area contributed by atoms with E-state index in [4.69, 9.17) is 11.6 Å². The van der Waals surface area contributed by atoms with Crippen molar-refractivity contribution in [2.24, 2.45) is 5.41 Å². The lowest BCUT2D eigenvalue weighted by Gasteiger charge is -2.34. The van der Waals surface area contributed by atoms with Crippen molar-refractivity contribution in [1.29, 1.82) is 0 Å². The van der Waals surface area contributed by atoms with E-state index in [0.717, 1.165) is 17.1 Å². The SMILES string of the molecule is CC1(C)CC(=O)C2=C(C1)Nc1cnccc1NC2c1ccc(Cl)cc1F. The van der Waals surface area contributed by atoms with Crippen molar-refractivity contribution < 1.29 is 9.18 Å². The maximum Gasteiger partial charge on any atom is 0.163 e. The second kappa shape index (κ2) is 6.09. The fourth-order valence-electron chi connectivity index (χ4n) is 3.76. The number of allylic oxidation sites excluding steroid dienone is 1. The molecule has 1 aromatic heterocycles. The third-order valence-corrected chi connectivity index (χ3v) is 5.12. The largest absolute Gasteiger partial charge is 0.372 e. The van der Waals surface area contributed by atoms with Crippen LogP contribution in [0.25, 0.3) is 0 Å². The molecule has 4 rings (SSSR count). The molecule has 4 nitrogen and oxygen atoms in total. The van der Waals surface area contributed by atoms with E-state index in [-0.39, 0.29) is 11.2 Å². The number of carbonyl (C=O) groups excluding carboxylic acids is 1. The number of anilines is 2. The summed E-state index contributed by atoms with van der Waals surface area (Å²) < 4.78 is 14.7. The third kappa shape index (κ3) is 2.97. The fraction of sp³-hybridized carbons (Fsp3) is 0.300. The molecule has 26 heavy (non-hydrogen) atoms. The van der Waals surface area contributed by atoms with Gasteiger partial charge in [0.1, 0.15) is 5.82 Å². The number of carbonyl (C=O) groups is 1. The molecule has 0 fully saturated rings. The summed E-state index contributed by atoms with van der Waals surface area (Å²) in [6, 6.07) is 5.80. The van der Waals surface area contributed by atoms with Crippen molar-refractivity contribution in [3.05, 3.63) is 64.3 Å². The van der Waals surface area contributed by atoms with Crippen LogP contribution < -0.4 is 10.6 Å². The van der Waals surface area contributed by atoms with Crippen molar-refractivity contribution in [3.8, 4) is 0 Å². The predicted octanol–water partition coefficient (Wildman–Crippen LogP) is 5.10. The number of pyridine rings is 1. The Bertz CT molecular complexity index is 938. The van der Waals surface area contributed by atoms with E-state index < -0.39 is 11.9 Å². The van der Waals surface area contributed by atoms with E-state index in [1.165, 1.54) is 6.07 Å². The molecule has 0 saturated heterocycles. The van der Waals surface area contributed by atoms with Crippen LogP contribution in [0.1, 0.15) is 38.3 Å². The van der Waals surface area contributed by atoms with E-state index >= 15 is 0 Å². The molecule has 1 atom stereocenters. The zero-order valence-corrected chi connectivity index (χ0v) is 15.3. The summed E-state index contributed by atoms with van der Waals surface area (Å²) in [6.07, 6.45) is 4.50. The maximum atomic E-state index is 14.7. The minimum atomic E-state index is -0.581. The minimum absolute atomic E-state index is 0.0244. The number of halogens is 2. The molecule has 2 N–H and O–H groups in total. The zero-order chi connectivity index (χ0) is 18.5. The molecule has 6 heteroatoms. The van der Waals surface area contributed by atoms with Crippen molar-refractivity contribution in [3.63, 3.8) is 0 Å². The van der Waals surface area contributed by atoms with Gasteiger partial charge in [-0.25, -0.2) is 4.39 Å². The highest BCUT2D eigenvalue weighted by molar-refractivity contribution is 6.30. The fourth-order valence-corrected chi connectivity index (χ4v) is 3.92. The van der Waals surface area contributed by atoms with Crippen LogP contribution in [-0.2, 0) is 4.79 Å². The summed E-state index contributed by atoms with van der Waals surface area (Å²) in [5.74, 6) is -0.409. The Hall–Kier alpha value is -2.40. The van der Waals surface area contributed by atoms with Gasteiger partial charge in [-0.15, -0.1) is 0 Å². The van der Waals surface area contributed by atoms with E-state index in [0.29, 0.717) is 29.0 Å². The standard InChI is InChI=1S/C20H19ClFN3O/c1-20(2)8-15-18(17(26)9-20)19(12-4-3-11(21)7-13(12)22)25-14-5-6-23-10-16(14)24-15/h3-7,10,19,24-25H,8-9H2,1-2H3. The van der Waals surface area contributed by atoms with Gasteiger partial charge in [-0.2, -0.15) is 0 Å². The van der Waals surface area contributed by atoms with Crippen LogP contribution in [-0.4, -0.2) is 10.8 Å².